The van der Waals surface area contributed by atoms with E-state index in [0.717, 1.165) is 5.56 Å². The number of hydrogen-bond acceptors (Lipinski definition) is 5. The average molecular weight is 281 g/mol. The van der Waals surface area contributed by atoms with Gasteiger partial charge in [0.1, 0.15) is 0 Å². The van der Waals surface area contributed by atoms with E-state index in [4.69, 9.17) is 5.73 Å². The number of H-pyrrole nitrogens is 1. The van der Waals surface area contributed by atoms with Crippen LogP contribution in [0.25, 0.3) is 0 Å². The molecule has 4 N–H and O–H groups in total. The highest BCUT2D eigenvalue weighted by atomic mass is 32.2. The van der Waals surface area contributed by atoms with Crippen molar-refractivity contribution in [2.45, 2.75) is 25.4 Å². The van der Waals surface area contributed by atoms with Crippen molar-refractivity contribution in [3.05, 3.63) is 35.3 Å². The number of aromatic nitrogens is 3. The standard InChI is InChI=1S/C11H15N5O2S/c1-7-6-13-4-3-10(7)16-19(17,18)11-9(5-12)8(2)14-15-11/h3-4,6H,5,12H2,1-2H3,(H,13,16)(H,14,15). The lowest BCUT2D eigenvalue weighted by molar-refractivity contribution is 0.595. The molecule has 0 aliphatic rings. The first-order valence-electron chi connectivity index (χ1n) is 5.63. The molecule has 0 spiro atoms. The Morgan fingerprint density at radius 3 is 2.79 bits per heavy atom. The topological polar surface area (TPSA) is 114 Å². The first-order valence-corrected chi connectivity index (χ1v) is 7.11. The van der Waals surface area contributed by atoms with Gasteiger partial charge in [-0.2, -0.15) is 13.5 Å². The number of sulfonamides is 1. The Bertz CT molecular complexity index is 693. The fourth-order valence-corrected chi connectivity index (χ4v) is 3.02. The van der Waals surface area contributed by atoms with Crippen molar-refractivity contribution in [1.29, 1.82) is 0 Å². The number of nitrogens with two attached hydrogens (primary N) is 1. The van der Waals surface area contributed by atoms with Crippen LogP contribution >= 0.6 is 0 Å². The lowest BCUT2D eigenvalue weighted by Gasteiger charge is -2.09. The second kappa shape index (κ2) is 4.98. The molecule has 0 fully saturated rings. The number of aromatic amines is 1. The van der Waals surface area contributed by atoms with E-state index < -0.39 is 10.0 Å². The highest BCUT2D eigenvalue weighted by molar-refractivity contribution is 7.92. The molecule has 0 saturated carbocycles. The van der Waals surface area contributed by atoms with Crippen molar-refractivity contribution in [2.24, 2.45) is 5.73 Å². The molecule has 0 saturated heterocycles. The molecule has 2 heterocycles. The van der Waals surface area contributed by atoms with Crippen molar-refractivity contribution >= 4 is 15.7 Å². The van der Waals surface area contributed by atoms with Gasteiger partial charge in [-0.3, -0.25) is 14.8 Å². The van der Waals surface area contributed by atoms with Crippen LogP contribution in [0.3, 0.4) is 0 Å². The van der Waals surface area contributed by atoms with Gasteiger partial charge in [-0.05, 0) is 25.5 Å². The Morgan fingerprint density at radius 2 is 2.16 bits per heavy atom. The second-order valence-electron chi connectivity index (χ2n) is 4.13. The van der Waals surface area contributed by atoms with E-state index in [1.54, 1.807) is 26.1 Å². The van der Waals surface area contributed by atoms with Crippen LogP contribution in [-0.4, -0.2) is 23.6 Å². The second-order valence-corrected chi connectivity index (χ2v) is 5.73. The summed E-state index contributed by atoms with van der Waals surface area (Å²) in [5, 5.41) is 6.38. The Hall–Kier alpha value is -1.93. The number of aryl methyl sites for hydroxylation is 2. The van der Waals surface area contributed by atoms with Gasteiger partial charge in [-0.15, -0.1) is 0 Å². The van der Waals surface area contributed by atoms with Crippen LogP contribution in [-0.2, 0) is 16.6 Å². The zero-order valence-electron chi connectivity index (χ0n) is 10.6. The first-order chi connectivity index (χ1) is 8.95. The lowest BCUT2D eigenvalue weighted by atomic mass is 10.3. The van der Waals surface area contributed by atoms with Crippen molar-refractivity contribution in [3.63, 3.8) is 0 Å². The minimum absolute atomic E-state index is 0.0660. The summed E-state index contributed by atoms with van der Waals surface area (Å²) >= 11 is 0. The van der Waals surface area contributed by atoms with E-state index in [1.165, 1.54) is 6.20 Å². The van der Waals surface area contributed by atoms with Crippen LogP contribution in [0, 0.1) is 13.8 Å². The molecule has 7 nitrogen and oxygen atoms in total. The van der Waals surface area contributed by atoms with Gasteiger partial charge in [-0.25, -0.2) is 0 Å². The van der Waals surface area contributed by atoms with E-state index >= 15 is 0 Å². The fraction of sp³-hybridized carbons (Fsp3) is 0.273. The van der Waals surface area contributed by atoms with Crippen LogP contribution in [0.2, 0.25) is 0 Å². The Morgan fingerprint density at radius 1 is 1.42 bits per heavy atom. The van der Waals surface area contributed by atoms with E-state index in [0.29, 0.717) is 16.9 Å². The van der Waals surface area contributed by atoms with E-state index in [2.05, 4.69) is 19.9 Å². The third-order valence-corrected chi connectivity index (χ3v) is 4.09. The predicted molar refractivity (Wildman–Crippen MR) is 71.0 cm³/mol. The molecule has 102 valence electrons. The number of pyridine rings is 1. The minimum Gasteiger partial charge on any atom is -0.326 e. The Kier molecular flexibility index (Phi) is 3.54. The van der Waals surface area contributed by atoms with Crippen LogP contribution in [0.1, 0.15) is 16.8 Å². The Labute approximate surface area is 111 Å². The third kappa shape index (κ3) is 2.59. The monoisotopic (exact) mass is 281 g/mol. The molecule has 0 amide bonds. The van der Waals surface area contributed by atoms with Gasteiger partial charge < -0.3 is 5.73 Å². The van der Waals surface area contributed by atoms with Crippen LogP contribution in [0.4, 0.5) is 5.69 Å². The Balaban J connectivity index is 2.41. The number of anilines is 1. The van der Waals surface area contributed by atoms with Gasteiger partial charge in [0.2, 0.25) is 5.03 Å². The van der Waals surface area contributed by atoms with Gasteiger partial charge in [0.15, 0.2) is 0 Å². The molecule has 0 aliphatic carbocycles. The van der Waals surface area contributed by atoms with Crippen molar-refractivity contribution < 1.29 is 8.42 Å². The molecule has 0 unspecified atom stereocenters. The lowest BCUT2D eigenvalue weighted by Crippen LogP contribution is -2.17. The minimum atomic E-state index is -3.76. The summed E-state index contributed by atoms with van der Waals surface area (Å²) in [6.07, 6.45) is 3.10. The average Bonchev–Trinajstić information content (AvgIpc) is 2.74. The molecule has 0 aliphatic heterocycles. The van der Waals surface area contributed by atoms with Crippen LogP contribution in [0.15, 0.2) is 23.5 Å². The number of rotatable bonds is 4. The zero-order chi connectivity index (χ0) is 14.0. The third-order valence-electron chi connectivity index (χ3n) is 2.76. The van der Waals surface area contributed by atoms with E-state index in [9.17, 15) is 8.42 Å². The van der Waals surface area contributed by atoms with Crippen molar-refractivity contribution in [2.75, 3.05) is 4.72 Å². The molecule has 8 heteroatoms. The fourth-order valence-electron chi connectivity index (χ4n) is 1.67. The smallest absolute Gasteiger partial charge is 0.281 e. The van der Waals surface area contributed by atoms with Gasteiger partial charge in [0.05, 0.1) is 5.69 Å². The molecule has 0 bridgehead atoms. The van der Waals surface area contributed by atoms with Gasteiger partial charge >= 0.3 is 0 Å². The normalized spacial score (nSPS) is 11.5. The van der Waals surface area contributed by atoms with Gasteiger partial charge in [0.25, 0.3) is 10.0 Å². The maximum Gasteiger partial charge on any atom is 0.281 e. The molecule has 2 rings (SSSR count). The largest absolute Gasteiger partial charge is 0.326 e. The zero-order valence-corrected chi connectivity index (χ0v) is 11.5. The molecular weight excluding hydrogens is 266 g/mol. The van der Waals surface area contributed by atoms with Crippen LogP contribution in [0.5, 0.6) is 0 Å². The summed E-state index contributed by atoms with van der Waals surface area (Å²) in [6, 6.07) is 1.59. The number of nitrogens with zero attached hydrogens (tertiary/aromatic N) is 2. The highest BCUT2D eigenvalue weighted by Gasteiger charge is 2.23. The summed E-state index contributed by atoms with van der Waals surface area (Å²) in [5.41, 5.74) is 7.89. The summed E-state index contributed by atoms with van der Waals surface area (Å²) in [6.45, 7) is 3.60. The molecule has 0 aromatic carbocycles. The van der Waals surface area contributed by atoms with Gasteiger partial charge in [0, 0.05) is 30.2 Å². The highest BCUT2D eigenvalue weighted by Crippen LogP contribution is 2.20. The molecule has 0 radical (unpaired) electrons. The first kappa shape index (κ1) is 13.5. The summed E-state index contributed by atoms with van der Waals surface area (Å²) < 4.78 is 27.0. The molecule has 2 aromatic rings. The summed E-state index contributed by atoms with van der Waals surface area (Å²) in [5.74, 6) is 0. The maximum atomic E-state index is 12.3. The molecule has 2 aromatic heterocycles. The maximum absolute atomic E-state index is 12.3. The number of nitrogens with one attached hydrogen (secondary N) is 2. The molecule has 19 heavy (non-hydrogen) atoms. The molecular formula is C11H15N5O2S. The van der Waals surface area contributed by atoms with Crippen molar-refractivity contribution in [3.8, 4) is 0 Å². The quantitative estimate of drug-likeness (QED) is 0.762. The number of hydrogen-bond donors (Lipinski definition) is 3. The SMILES string of the molecule is Cc1cnccc1NS(=O)(=O)c1n[nH]c(C)c1CN. The molecule has 0 atom stereocenters. The van der Waals surface area contributed by atoms with Crippen LogP contribution < -0.4 is 10.5 Å². The van der Waals surface area contributed by atoms with E-state index in [-0.39, 0.29) is 11.6 Å². The van der Waals surface area contributed by atoms with Crippen molar-refractivity contribution in [1.82, 2.24) is 15.2 Å². The predicted octanol–water partition coefficient (Wildman–Crippen LogP) is 0.681. The van der Waals surface area contributed by atoms with Gasteiger partial charge in [-0.1, -0.05) is 0 Å². The summed E-state index contributed by atoms with van der Waals surface area (Å²) in [7, 11) is -3.76. The summed E-state index contributed by atoms with van der Waals surface area (Å²) in [4.78, 5) is 3.91. The van der Waals surface area contributed by atoms with E-state index in [1.807, 2.05) is 0 Å².